The Bertz CT molecular complexity index is 1750. The number of para-hydroxylation sites is 2. The van der Waals surface area contributed by atoms with Crippen LogP contribution in [0.5, 0.6) is 17.2 Å². The molecule has 11 nitrogen and oxygen atoms in total. The second-order valence-electron chi connectivity index (χ2n) is 9.11. The quantitative estimate of drug-likeness (QED) is 0.156. The first-order valence-corrected chi connectivity index (χ1v) is 13.3. The van der Waals surface area contributed by atoms with Crippen LogP contribution in [-0.4, -0.2) is 43.1 Å². The Labute approximate surface area is 252 Å². The summed E-state index contributed by atoms with van der Waals surface area (Å²) in [6, 6.07) is 16.0. The summed E-state index contributed by atoms with van der Waals surface area (Å²) in [4.78, 5) is 33.6. The molecule has 0 saturated heterocycles. The molecule has 4 N–H and O–H groups in total. The Balaban J connectivity index is 1.43. The summed E-state index contributed by atoms with van der Waals surface area (Å²) in [5.74, 6) is 1.37. The molecule has 0 fully saturated rings. The van der Waals surface area contributed by atoms with Crippen LogP contribution in [0.4, 0.5) is 34.5 Å². The van der Waals surface area contributed by atoms with Crippen molar-refractivity contribution in [2.45, 2.75) is 0 Å². The van der Waals surface area contributed by atoms with Gasteiger partial charge in [-0.25, -0.2) is 4.98 Å². The van der Waals surface area contributed by atoms with Gasteiger partial charge in [-0.3, -0.25) is 9.59 Å². The lowest BCUT2D eigenvalue weighted by Crippen LogP contribution is -2.09. The molecule has 4 aromatic rings. The zero-order valence-corrected chi connectivity index (χ0v) is 24.2. The number of nitrogens with zero attached hydrogens (tertiary/aromatic N) is 2. The topological polar surface area (TPSA) is 136 Å². The predicted octanol–water partition coefficient (Wildman–Crippen LogP) is 6.26. The molecule has 0 saturated carbocycles. The van der Waals surface area contributed by atoms with Crippen LogP contribution in [-0.2, 0) is 9.59 Å². The Kier molecular flexibility index (Phi) is 8.44. The molecule has 0 unspecified atom stereocenters. The summed E-state index contributed by atoms with van der Waals surface area (Å²) in [5, 5.41) is 12.2. The average Bonchev–Trinajstić information content (AvgIpc) is 3.32. The molecule has 43 heavy (non-hydrogen) atoms. The minimum Gasteiger partial charge on any atom is -0.493 e. The van der Waals surface area contributed by atoms with Gasteiger partial charge in [-0.2, -0.15) is 4.98 Å². The summed E-state index contributed by atoms with van der Waals surface area (Å²) in [7, 11) is 4.59. The van der Waals surface area contributed by atoms with Crippen LogP contribution < -0.4 is 35.5 Å². The summed E-state index contributed by atoms with van der Waals surface area (Å²) < 4.78 is 16.3. The lowest BCUT2D eigenvalue weighted by atomic mass is 10.0. The fourth-order valence-corrected chi connectivity index (χ4v) is 4.56. The van der Waals surface area contributed by atoms with Crippen molar-refractivity contribution in [3.05, 3.63) is 89.6 Å². The van der Waals surface area contributed by atoms with Crippen molar-refractivity contribution >= 4 is 69.6 Å². The van der Waals surface area contributed by atoms with Crippen LogP contribution in [0.1, 0.15) is 11.1 Å². The molecule has 3 aromatic carbocycles. The van der Waals surface area contributed by atoms with Crippen molar-refractivity contribution in [1.29, 1.82) is 0 Å². The van der Waals surface area contributed by atoms with Gasteiger partial charge < -0.3 is 35.5 Å². The number of anilines is 6. The number of carbonyl (C=O) groups excluding carboxylic acids is 2. The SMILES string of the molecule is C=CC(=O)Nc1ccccc1Nc1nc(Nc2ccc3c(c2)C(=Cc2cc(OC)c(OC)c(OC)c2)C(=O)N3)ncc1Cl. The van der Waals surface area contributed by atoms with Crippen LogP contribution in [0.25, 0.3) is 11.6 Å². The van der Waals surface area contributed by atoms with Crippen molar-refractivity contribution in [3.63, 3.8) is 0 Å². The highest BCUT2D eigenvalue weighted by Crippen LogP contribution is 2.41. The third kappa shape index (κ3) is 6.21. The van der Waals surface area contributed by atoms with Crippen molar-refractivity contribution in [1.82, 2.24) is 9.97 Å². The molecule has 2 heterocycles. The number of hydrogen-bond acceptors (Lipinski definition) is 9. The minimum absolute atomic E-state index is 0.252. The predicted molar refractivity (Wildman–Crippen MR) is 168 cm³/mol. The summed E-state index contributed by atoms with van der Waals surface area (Å²) in [5.41, 5.74) is 4.22. The van der Waals surface area contributed by atoms with Crippen LogP contribution in [0, 0.1) is 0 Å². The van der Waals surface area contributed by atoms with E-state index in [2.05, 4.69) is 37.8 Å². The highest BCUT2D eigenvalue weighted by molar-refractivity contribution is 6.35. The van der Waals surface area contributed by atoms with Crippen LogP contribution in [0.2, 0.25) is 5.02 Å². The Morgan fingerprint density at radius 1 is 0.977 bits per heavy atom. The number of benzene rings is 3. The average molecular weight is 599 g/mol. The molecule has 0 atom stereocenters. The van der Waals surface area contributed by atoms with Gasteiger partial charge in [0.1, 0.15) is 5.02 Å². The van der Waals surface area contributed by atoms with Gasteiger partial charge in [-0.1, -0.05) is 30.3 Å². The zero-order valence-electron chi connectivity index (χ0n) is 23.4. The molecule has 0 spiro atoms. The molecule has 218 valence electrons. The number of aromatic nitrogens is 2. The van der Waals surface area contributed by atoms with E-state index in [0.29, 0.717) is 62.5 Å². The van der Waals surface area contributed by atoms with Gasteiger partial charge in [0.05, 0.1) is 38.9 Å². The lowest BCUT2D eigenvalue weighted by Gasteiger charge is -2.14. The highest BCUT2D eigenvalue weighted by atomic mass is 35.5. The third-order valence-electron chi connectivity index (χ3n) is 6.42. The van der Waals surface area contributed by atoms with Gasteiger partial charge in [-0.05, 0) is 60.2 Å². The maximum atomic E-state index is 12.9. The number of nitrogens with one attached hydrogen (secondary N) is 4. The molecule has 5 rings (SSSR count). The van der Waals surface area contributed by atoms with E-state index >= 15 is 0 Å². The van der Waals surface area contributed by atoms with Crippen molar-refractivity contribution in [2.75, 3.05) is 42.6 Å². The van der Waals surface area contributed by atoms with E-state index in [-0.39, 0.29) is 22.8 Å². The normalized spacial score (nSPS) is 12.7. The number of amides is 2. The van der Waals surface area contributed by atoms with E-state index in [1.807, 2.05) is 12.1 Å². The minimum atomic E-state index is -0.353. The van der Waals surface area contributed by atoms with Gasteiger partial charge >= 0.3 is 0 Å². The number of ether oxygens (including phenoxy) is 3. The largest absolute Gasteiger partial charge is 0.493 e. The van der Waals surface area contributed by atoms with E-state index in [0.717, 1.165) is 0 Å². The van der Waals surface area contributed by atoms with Crippen LogP contribution in [0.3, 0.4) is 0 Å². The van der Waals surface area contributed by atoms with E-state index in [1.165, 1.54) is 33.6 Å². The maximum Gasteiger partial charge on any atom is 0.256 e. The Morgan fingerprint density at radius 3 is 2.37 bits per heavy atom. The van der Waals surface area contributed by atoms with Gasteiger partial charge in [0, 0.05) is 22.5 Å². The van der Waals surface area contributed by atoms with Crippen molar-refractivity contribution in [3.8, 4) is 17.2 Å². The van der Waals surface area contributed by atoms with Gasteiger partial charge in [-0.15, -0.1) is 0 Å². The molecule has 2 amide bonds. The summed E-state index contributed by atoms with van der Waals surface area (Å²) >= 11 is 6.39. The molecule has 0 radical (unpaired) electrons. The number of halogens is 1. The number of carbonyl (C=O) groups is 2. The number of hydrogen-bond donors (Lipinski definition) is 4. The number of methoxy groups -OCH3 is 3. The molecular weight excluding hydrogens is 572 g/mol. The third-order valence-corrected chi connectivity index (χ3v) is 6.70. The van der Waals surface area contributed by atoms with E-state index in [4.69, 9.17) is 25.8 Å². The van der Waals surface area contributed by atoms with Gasteiger partial charge in [0.2, 0.25) is 17.6 Å². The molecule has 12 heteroatoms. The monoisotopic (exact) mass is 598 g/mol. The molecule has 0 aliphatic carbocycles. The molecule has 1 aromatic heterocycles. The van der Waals surface area contributed by atoms with Crippen molar-refractivity contribution < 1.29 is 23.8 Å². The molecule has 0 bridgehead atoms. The highest BCUT2D eigenvalue weighted by Gasteiger charge is 2.25. The van der Waals surface area contributed by atoms with E-state index < -0.39 is 0 Å². The fourth-order valence-electron chi connectivity index (χ4n) is 4.42. The van der Waals surface area contributed by atoms with E-state index in [9.17, 15) is 9.59 Å². The van der Waals surface area contributed by atoms with Crippen molar-refractivity contribution in [2.24, 2.45) is 0 Å². The lowest BCUT2D eigenvalue weighted by molar-refractivity contribution is -0.112. The Hall–Kier alpha value is -5.55. The zero-order chi connectivity index (χ0) is 30.5. The summed E-state index contributed by atoms with van der Waals surface area (Å²) in [6.45, 7) is 3.48. The second kappa shape index (κ2) is 12.5. The fraction of sp³-hybridized carbons (Fsp3) is 0.0968. The molecule has 1 aliphatic rings. The van der Waals surface area contributed by atoms with Crippen LogP contribution in [0.15, 0.2) is 73.4 Å². The van der Waals surface area contributed by atoms with Gasteiger partial charge in [0.15, 0.2) is 17.3 Å². The molecular formula is C31H27ClN6O5. The second-order valence-corrected chi connectivity index (χ2v) is 9.52. The molecule has 1 aliphatic heterocycles. The smallest absolute Gasteiger partial charge is 0.256 e. The summed E-state index contributed by atoms with van der Waals surface area (Å²) in [6.07, 6.45) is 4.39. The van der Waals surface area contributed by atoms with E-state index in [1.54, 1.807) is 48.5 Å². The standard InChI is InChI=1S/C31H27ClN6O5/c1-5-27(39)35-23-8-6-7-9-24(23)36-29-21(32)16-33-31(38-29)34-18-10-11-22-19(15-18)20(30(40)37-22)12-17-13-25(41-2)28(43-4)26(14-17)42-3/h5-16H,1H2,2-4H3,(H,35,39)(H,37,40)(H2,33,34,36,38). The number of rotatable bonds is 10. The first-order chi connectivity index (χ1) is 20.8. The number of fused-ring (bicyclic) bond motifs is 1. The maximum absolute atomic E-state index is 12.9. The first-order valence-electron chi connectivity index (χ1n) is 12.9. The first kappa shape index (κ1) is 29.0. The van der Waals surface area contributed by atoms with Crippen LogP contribution >= 0.6 is 11.6 Å². The Morgan fingerprint density at radius 2 is 1.70 bits per heavy atom. The van der Waals surface area contributed by atoms with Gasteiger partial charge in [0.25, 0.3) is 5.91 Å².